The lowest BCUT2D eigenvalue weighted by Gasteiger charge is -2.17. The first kappa shape index (κ1) is 20.9. The standard InChI is InChI=1S/C30H28N2O2/c1-20-28(19-32-18-27(17-29(32)33)21-5-3-2-4-6-21)30(34-31-20)26-15-13-25(14-16-26)24-11-9-23(10-12-24)22-7-8-22/h2-6,9-16,22,27H,7-8,17-19H2,1H3. The molecule has 4 nitrogen and oxygen atoms in total. The molecule has 1 atom stereocenters. The van der Waals surface area contributed by atoms with E-state index in [9.17, 15) is 4.79 Å². The van der Waals surface area contributed by atoms with Crippen LogP contribution in [-0.2, 0) is 11.3 Å². The van der Waals surface area contributed by atoms with Gasteiger partial charge in [-0.25, -0.2) is 0 Å². The smallest absolute Gasteiger partial charge is 0.223 e. The molecule has 2 heterocycles. The molecule has 2 aliphatic rings. The van der Waals surface area contributed by atoms with Crippen LogP contribution in [0.1, 0.15) is 53.5 Å². The minimum absolute atomic E-state index is 0.186. The van der Waals surface area contributed by atoms with E-state index in [4.69, 9.17) is 4.52 Å². The third-order valence-electron chi connectivity index (χ3n) is 7.26. The first-order valence-electron chi connectivity index (χ1n) is 12.1. The lowest BCUT2D eigenvalue weighted by atomic mass is 9.98. The highest BCUT2D eigenvalue weighted by molar-refractivity contribution is 5.80. The van der Waals surface area contributed by atoms with E-state index in [1.807, 2.05) is 30.0 Å². The summed E-state index contributed by atoms with van der Waals surface area (Å²) in [6.07, 6.45) is 3.20. The number of amides is 1. The third-order valence-corrected chi connectivity index (χ3v) is 7.26. The van der Waals surface area contributed by atoms with Gasteiger partial charge in [-0.2, -0.15) is 0 Å². The summed E-state index contributed by atoms with van der Waals surface area (Å²) in [6, 6.07) is 27.7. The normalized spacial score (nSPS) is 18.0. The Hall–Kier alpha value is -3.66. The van der Waals surface area contributed by atoms with Gasteiger partial charge in [-0.05, 0) is 47.9 Å². The van der Waals surface area contributed by atoms with E-state index in [1.54, 1.807) is 0 Å². The molecule has 1 amide bonds. The molecule has 1 aliphatic carbocycles. The molecule has 3 aromatic carbocycles. The first-order chi connectivity index (χ1) is 16.7. The van der Waals surface area contributed by atoms with Crippen LogP contribution in [0, 0.1) is 6.92 Å². The van der Waals surface area contributed by atoms with Crippen molar-refractivity contribution in [2.75, 3.05) is 6.54 Å². The van der Waals surface area contributed by atoms with E-state index < -0.39 is 0 Å². The fourth-order valence-corrected chi connectivity index (χ4v) is 5.04. The highest BCUT2D eigenvalue weighted by atomic mass is 16.5. The molecule has 170 valence electrons. The summed E-state index contributed by atoms with van der Waals surface area (Å²) in [7, 11) is 0. The Morgan fingerprint density at radius 1 is 0.824 bits per heavy atom. The zero-order valence-electron chi connectivity index (χ0n) is 19.4. The van der Waals surface area contributed by atoms with Crippen molar-refractivity contribution >= 4 is 5.91 Å². The van der Waals surface area contributed by atoms with E-state index in [0.717, 1.165) is 35.0 Å². The predicted octanol–water partition coefficient (Wildman–Crippen LogP) is 6.71. The number of hydrogen-bond acceptors (Lipinski definition) is 3. The van der Waals surface area contributed by atoms with Crippen molar-refractivity contribution in [3.05, 3.63) is 101 Å². The second-order valence-corrected chi connectivity index (χ2v) is 9.64. The zero-order chi connectivity index (χ0) is 23.1. The van der Waals surface area contributed by atoms with Crippen LogP contribution in [0.4, 0.5) is 0 Å². The molecule has 34 heavy (non-hydrogen) atoms. The molecule has 2 fully saturated rings. The van der Waals surface area contributed by atoms with E-state index in [1.165, 1.54) is 35.1 Å². The fraction of sp³-hybridized carbons (Fsp3) is 0.267. The van der Waals surface area contributed by atoms with Gasteiger partial charge in [0.25, 0.3) is 0 Å². The van der Waals surface area contributed by atoms with Crippen molar-refractivity contribution in [2.45, 2.75) is 44.6 Å². The van der Waals surface area contributed by atoms with Crippen molar-refractivity contribution in [3.63, 3.8) is 0 Å². The Morgan fingerprint density at radius 3 is 2.12 bits per heavy atom. The van der Waals surface area contributed by atoms with Gasteiger partial charge in [-0.3, -0.25) is 4.79 Å². The zero-order valence-corrected chi connectivity index (χ0v) is 19.4. The summed E-state index contributed by atoms with van der Waals surface area (Å²) in [6.45, 7) is 3.20. The van der Waals surface area contributed by atoms with Gasteiger partial charge in [0, 0.05) is 30.0 Å². The lowest BCUT2D eigenvalue weighted by molar-refractivity contribution is -0.128. The number of nitrogens with zero attached hydrogens (tertiary/aromatic N) is 2. The van der Waals surface area contributed by atoms with Gasteiger partial charge in [0.2, 0.25) is 5.91 Å². The molecular formula is C30H28N2O2. The van der Waals surface area contributed by atoms with Crippen molar-refractivity contribution in [2.24, 2.45) is 0 Å². The van der Waals surface area contributed by atoms with Gasteiger partial charge in [0.1, 0.15) is 0 Å². The molecule has 1 unspecified atom stereocenters. The summed E-state index contributed by atoms with van der Waals surface area (Å²) >= 11 is 0. The number of likely N-dealkylation sites (tertiary alicyclic amines) is 1. The molecule has 1 saturated heterocycles. The Kier molecular flexibility index (Phi) is 5.29. The molecular weight excluding hydrogens is 420 g/mol. The summed E-state index contributed by atoms with van der Waals surface area (Å²) in [5.74, 6) is 1.95. The topological polar surface area (TPSA) is 46.3 Å². The van der Waals surface area contributed by atoms with Crippen LogP contribution in [0.5, 0.6) is 0 Å². The number of rotatable bonds is 6. The third kappa shape index (κ3) is 4.05. The molecule has 4 heteroatoms. The summed E-state index contributed by atoms with van der Waals surface area (Å²) in [4.78, 5) is 14.7. The molecule has 0 radical (unpaired) electrons. The number of carbonyl (C=O) groups is 1. The largest absolute Gasteiger partial charge is 0.356 e. The highest BCUT2D eigenvalue weighted by Gasteiger charge is 2.32. The van der Waals surface area contributed by atoms with Gasteiger partial charge >= 0.3 is 0 Å². The van der Waals surface area contributed by atoms with Gasteiger partial charge in [-0.1, -0.05) is 84.0 Å². The van der Waals surface area contributed by atoms with Crippen molar-refractivity contribution < 1.29 is 9.32 Å². The second kappa shape index (κ2) is 8.60. The number of aromatic nitrogens is 1. The summed E-state index contributed by atoms with van der Waals surface area (Å²) in [5, 5.41) is 4.24. The number of benzene rings is 3. The average molecular weight is 449 g/mol. The van der Waals surface area contributed by atoms with E-state index in [2.05, 4.69) is 65.8 Å². The number of aryl methyl sites for hydroxylation is 1. The maximum atomic E-state index is 12.8. The van der Waals surface area contributed by atoms with Gasteiger partial charge < -0.3 is 9.42 Å². The van der Waals surface area contributed by atoms with Crippen molar-refractivity contribution in [1.29, 1.82) is 0 Å². The maximum absolute atomic E-state index is 12.8. The van der Waals surface area contributed by atoms with Gasteiger partial charge in [0.05, 0.1) is 12.2 Å². The van der Waals surface area contributed by atoms with Crippen molar-refractivity contribution in [1.82, 2.24) is 10.1 Å². The first-order valence-corrected chi connectivity index (χ1v) is 12.1. The Morgan fingerprint density at radius 2 is 1.44 bits per heavy atom. The molecule has 0 N–H and O–H groups in total. The highest BCUT2D eigenvalue weighted by Crippen LogP contribution is 2.40. The maximum Gasteiger partial charge on any atom is 0.223 e. The van der Waals surface area contributed by atoms with Crippen LogP contribution in [0.25, 0.3) is 22.5 Å². The van der Waals surface area contributed by atoms with Crippen LogP contribution in [0.15, 0.2) is 83.4 Å². The SMILES string of the molecule is Cc1noc(-c2ccc(-c3ccc(C4CC4)cc3)cc2)c1CN1CC(c2ccccc2)CC1=O. The van der Waals surface area contributed by atoms with E-state index in [0.29, 0.717) is 13.0 Å². The lowest BCUT2D eigenvalue weighted by Crippen LogP contribution is -2.24. The minimum Gasteiger partial charge on any atom is -0.356 e. The quantitative estimate of drug-likeness (QED) is 0.329. The van der Waals surface area contributed by atoms with E-state index in [-0.39, 0.29) is 11.8 Å². The predicted molar refractivity (Wildman–Crippen MR) is 133 cm³/mol. The molecule has 1 saturated carbocycles. The van der Waals surface area contributed by atoms with Crippen LogP contribution in [-0.4, -0.2) is 22.5 Å². The molecule has 6 rings (SSSR count). The molecule has 4 aromatic rings. The van der Waals surface area contributed by atoms with Gasteiger partial charge in [-0.15, -0.1) is 0 Å². The van der Waals surface area contributed by atoms with Crippen LogP contribution in [0.2, 0.25) is 0 Å². The molecule has 0 spiro atoms. The average Bonchev–Trinajstić information content (AvgIpc) is 3.58. The Labute approximate surface area is 200 Å². The fourth-order valence-electron chi connectivity index (χ4n) is 5.04. The van der Waals surface area contributed by atoms with Crippen molar-refractivity contribution in [3.8, 4) is 22.5 Å². The van der Waals surface area contributed by atoms with Crippen LogP contribution in [0.3, 0.4) is 0 Å². The van der Waals surface area contributed by atoms with Crippen LogP contribution >= 0.6 is 0 Å². The minimum atomic E-state index is 0.186. The monoisotopic (exact) mass is 448 g/mol. The summed E-state index contributed by atoms with van der Waals surface area (Å²) < 4.78 is 5.75. The molecule has 1 aromatic heterocycles. The Balaban J connectivity index is 1.20. The van der Waals surface area contributed by atoms with E-state index >= 15 is 0 Å². The number of carbonyl (C=O) groups excluding carboxylic acids is 1. The number of hydrogen-bond donors (Lipinski definition) is 0. The Bertz CT molecular complexity index is 1300. The van der Waals surface area contributed by atoms with Gasteiger partial charge in [0.15, 0.2) is 5.76 Å². The molecule has 0 bridgehead atoms. The second-order valence-electron chi connectivity index (χ2n) is 9.64. The summed E-state index contributed by atoms with van der Waals surface area (Å²) in [5.41, 5.74) is 7.90. The molecule has 1 aliphatic heterocycles. The van der Waals surface area contributed by atoms with Crippen LogP contribution < -0.4 is 0 Å².